The highest BCUT2D eigenvalue weighted by Crippen LogP contribution is 1.99. The van der Waals surface area contributed by atoms with Crippen LogP contribution in [0.3, 0.4) is 0 Å². The average molecular weight is 239 g/mol. The molecule has 92 valence electrons. The molecule has 0 aliphatic carbocycles. The lowest BCUT2D eigenvalue weighted by atomic mass is 10.2. The summed E-state index contributed by atoms with van der Waals surface area (Å²) in [6, 6.07) is -0.570. The van der Waals surface area contributed by atoms with Gasteiger partial charge in [0.1, 0.15) is 0 Å². The van der Waals surface area contributed by atoms with E-state index in [1.807, 2.05) is 0 Å². The van der Waals surface area contributed by atoms with E-state index in [1.54, 1.807) is 6.92 Å². The Morgan fingerprint density at radius 2 is 2.35 bits per heavy atom. The minimum Gasteiger partial charge on any atom is -0.396 e. The van der Waals surface area contributed by atoms with Gasteiger partial charge in [0.2, 0.25) is 0 Å². The van der Waals surface area contributed by atoms with Gasteiger partial charge in [0, 0.05) is 23.2 Å². The second-order valence-corrected chi connectivity index (χ2v) is 3.59. The topological polar surface area (TPSA) is 124 Å². The Bertz CT molecular complexity index is 540. The number of aliphatic hydroxyl groups excluding tert-OH is 1. The van der Waals surface area contributed by atoms with E-state index in [0.29, 0.717) is 12.0 Å². The maximum atomic E-state index is 11.4. The molecule has 0 radical (unpaired) electrons. The molecule has 1 atom stereocenters. The lowest BCUT2D eigenvalue weighted by Gasteiger charge is -2.09. The first kappa shape index (κ1) is 13.0. The Labute approximate surface area is 96.2 Å². The number of aryl methyl sites for hydroxylation is 2. The van der Waals surface area contributed by atoms with Gasteiger partial charge in [0.25, 0.3) is 5.56 Å². The third-order valence-electron chi connectivity index (χ3n) is 2.32. The quantitative estimate of drug-likeness (QED) is 0.423. The molecule has 17 heavy (non-hydrogen) atoms. The summed E-state index contributed by atoms with van der Waals surface area (Å²) < 4.78 is 1.31. The van der Waals surface area contributed by atoms with Crippen molar-refractivity contribution in [3.8, 4) is 0 Å². The van der Waals surface area contributed by atoms with Crippen molar-refractivity contribution in [2.45, 2.75) is 25.9 Å². The first-order chi connectivity index (χ1) is 8.08. The molecule has 1 heterocycles. The molecule has 1 aromatic heterocycles. The Morgan fingerprint density at radius 1 is 1.65 bits per heavy atom. The molecule has 1 aromatic rings. The molecule has 0 saturated heterocycles. The van der Waals surface area contributed by atoms with Crippen molar-refractivity contribution < 1.29 is 5.11 Å². The monoisotopic (exact) mass is 239 g/mol. The van der Waals surface area contributed by atoms with E-state index in [2.05, 4.69) is 15.0 Å². The first-order valence-electron chi connectivity index (χ1n) is 5.04. The fourth-order valence-electron chi connectivity index (χ4n) is 1.33. The molecule has 8 nitrogen and oxygen atoms in total. The number of hydrogen-bond donors (Lipinski definition) is 2. The zero-order chi connectivity index (χ0) is 12.8. The second kappa shape index (κ2) is 5.88. The molecular weight excluding hydrogens is 226 g/mol. The van der Waals surface area contributed by atoms with Crippen molar-refractivity contribution in [3.05, 3.63) is 43.0 Å². The molecule has 0 unspecified atom stereocenters. The molecule has 0 saturated carbocycles. The van der Waals surface area contributed by atoms with Gasteiger partial charge in [-0.05, 0) is 18.9 Å². The number of aromatic nitrogens is 2. The van der Waals surface area contributed by atoms with E-state index in [1.165, 1.54) is 10.8 Å². The predicted molar refractivity (Wildman–Crippen MR) is 60.7 cm³/mol. The van der Waals surface area contributed by atoms with E-state index in [4.69, 9.17) is 10.6 Å². The van der Waals surface area contributed by atoms with E-state index in [-0.39, 0.29) is 13.2 Å². The van der Waals surface area contributed by atoms with Crippen LogP contribution in [0.25, 0.3) is 10.4 Å². The fraction of sp³-hybridized carbons (Fsp3) is 0.556. The molecule has 0 amide bonds. The zero-order valence-corrected chi connectivity index (χ0v) is 9.33. The SMILES string of the molecule is Cc1cn(CC[C@H](CO)N=[N+]=[N-])c(=O)[nH]c1=O. The van der Waals surface area contributed by atoms with Gasteiger partial charge < -0.3 is 9.67 Å². The van der Waals surface area contributed by atoms with Crippen LogP contribution in [0.5, 0.6) is 0 Å². The van der Waals surface area contributed by atoms with Crippen LogP contribution >= 0.6 is 0 Å². The highest BCUT2D eigenvalue weighted by Gasteiger charge is 2.06. The molecule has 0 spiro atoms. The predicted octanol–water partition coefficient (Wildman–Crippen LogP) is -0.0937. The van der Waals surface area contributed by atoms with Gasteiger partial charge in [-0.3, -0.25) is 9.78 Å². The minimum absolute atomic E-state index is 0.265. The Morgan fingerprint density at radius 3 is 2.94 bits per heavy atom. The summed E-state index contributed by atoms with van der Waals surface area (Å²) in [6.45, 7) is 1.58. The van der Waals surface area contributed by atoms with Crippen LogP contribution < -0.4 is 11.2 Å². The molecule has 0 bridgehead atoms. The summed E-state index contributed by atoms with van der Waals surface area (Å²) in [5, 5.41) is 12.3. The summed E-state index contributed by atoms with van der Waals surface area (Å²) in [4.78, 5) is 27.3. The number of hydrogen-bond acceptors (Lipinski definition) is 4. The van der Waals surface area contributed by atoms with E-state index in [0.717, 1.165) is 0 Å². The van der Waals surface area contributed by atoms with Gasteiger partial charge in [-0.2, -0.15) is 0 Å². The van der Waals surface area contributed by atoms with Crippen LogP contribution in [0.4, 0.5) is 0 Å². The number of aromatic amines is 1. The lowest BCUT2D eigenvalue weighted by molar-refractivity contribution is 0.255. The number of nitrogens with one attached hydrogen (secondary N) is 1. The maximum absolute atomic E-state index is 11.4. The number of azide groups is 1. The third-order valence-corrected chi connectivity index (χ3v) is 2.32. The van der Waals surface area contributed by atoms with E-state index >= 15 is 0 Å². The number of nitrogens with zero attached hydrogens (tertiary/aromatic N) is 4. The van der Waals surface area contributed by atoms with Crippen LogP contribution in [-0.2, 0) is 6.54 Å². The molecule has 0 aromatic carbocycles. The Balaban J connectivity index is 2.82. The number of H-pyrrole nitrogens is 1. The van der Waals surface area contributed by atoms with Crippen LogP contribution in [0.1, 0.15) is 12.0 Å². The molecule has 0 fully saturated rings. The molecule has 0 aliphatic heterocycles. The smallest absolute Gasteiger partial charge is 0.328 e. The van der Waals surface area contributed by atoms with Crippen LogP contribution in [0.15, 0.2) is 20.9 Å². The van der Waals surface area contributed by atoms with Crippen molar-refractivity contribution in [2.24, 2.45) is 5.11 Å². The molecular formula is C9H13N5O3. The van der Waals surface area contributed by atoms with Gasteiger partial charge in [0.05, 0.1) is 12.6 Å². The summed E-state index contributed by atoms with van der Waals surface area (Å²) in [7, 11) is 0. The van der Waals surface area contributed by atoms with Gasteiger partial charge in [-0.1, -0.05) is 5.11 Å². The minimum atomic E-state index is -0.570. The van der Waals surface area contributed by atoms with E-state index in [9.17, 15) is 9.59 Å². The van der Waals surface area contributed by atoms with Crippen molar-refractivity contribution in [1.82, 2.24) is 9.55 Å². The van der Waals surface area contributed by atoms with Gasteiger partial charge in [-0.15, -0.1) is 0 Å². The average Bonchev–Trinajstić information content (AvgIpc) is 2.30. The standard InChI is InChI=1S/C9H13N5O3/c1-6-4-14(9(17)11-8(6)16)3-2-7(5-15)12-13-10/h4,7,15H,2-3,5H2,1H3,(H,11,16,17)/t7-/m1/s1. The molecule has 1 rings (SSSR count). The largest absolute Gasteiger partial charge is 0.396 e. The molecule has 8 heteroatoms. The van der Waals surface area contributed by atoms with Crippen molar-refractivity contribution >= 4 is 0 Å². The highest BCUT2D eigenvalue weighted by atomic mass is 16.3. The van der Waals surface area contributed by atoms with Crippen LogP contribution in [0, 0.1) is 6.92 Å². The third kappa shape index (κ3) is 3.47. The summed E-state index contributed by atoms with van der Waals surface area (Å²) >= 11 is 0. The van der Waals surface area contributed by atoms with Gasteiger partial charge >= 0.3 is 5.69 Å². The summed E-state index contributed by atoms with van der Waals surface area (Å²) in [6.07, 6.45) is 1.76. The highest BCUT2D eigenvalue weighted by molar-refractivity contribution is 5.00. The van der Waals surface area contributed by atoms with Crippen molar-refractivity contribution in [1.29, 1.82) is 0 Å². The first-order valence-corrected chi connectivity index (χ1v) is 5.04. The Hall–Kier alpha value is -2.05. The fourth-order valence-corrected chi connectivity index (χ4v) is 1.33. The molecule has 2 N–H and O–H groups in total. The lowest BCUT2D eigenvalue weighted by Crippen LogP contribution is -2.31. The van der Waals surface area contributed by atoms with Gasteiger partial charge in [-0.25, -0.2) is 4.79 Å². The summed E-state index contributed by atoms with van der Waals surface area (Å²) in [5.41, 5.74) is 7.72. The zero-order valence-electron chi connectivity index (χ0n) is 9.33. The van der Waals surface area contributed by atoms with Crippen molar-refractivity contribution in [3.63, 3.8) is 0 Å². The van der Waals surface area contributed by atoms with Crippen molar-refractivity contribution in [2.75, 3.05) is 6.61 Å². The van der Waals surface area contributed by atoms with E-state index < -0.39 is 17.3 Å². The number of rotatable bonds is 5. The van der Waals surface area contributed by atoms with Crippen LogP contribution in [0.2, 0.25) is 0 Å². The summed E-state index contributed by atoms with van der Waals surface area (Å²) in [5.74, 6) is 0. The van der Waals surface area contributed by atoms with Gasteiger partial charge in [0.15, 0.2) is 0 Å². The van der Waals surface area contributed by atoms with Crippen LogP contribution in [-0.4, -0.2) is 27.3 Å². The Kier molecular flexibility index (Phi) is 4.50. The second-order valence-electron chi connectivity index (χ2n) is 3.59. The molecule has 0 aliphatic rings. The normalized spacial score (nSPS) is 11.9. The number of aliphatic hydroxyl groups is 1. The maximum Gasteiger partial charge on any atom is 0.328 e.